The van der Waals surface area contributed by atoms with Crippen molar-refractivity contribution in [3.8, 4) is 0 Å². The minimum atomic E-state index is -0.782. The van der Waals surface area contributed by atoms with Crippen LogP contribution in [0, 0.1) is 5.92 Å². The number of alkyl halides is 2. The Morgan fingerprint density at radius 2 is 1.75 bits per heavy atom. The van der Waals surface area contributed by atoms with Crippen molar-refractivity contribution in [1.29, 1.82) is 0 Å². The first kappa shape index (κ1) is 15.9. The Morgan fingerprint density at radius 1 is 1.12 bits per heavy atom. The molecule has 0 aliphatic rings. The Labute approximate surface area is 112 Å². The van der Waals surface area contributed by atoms with Gasteiger partial charge in [0.2, 0.25) is 0 Å². The summed E-state index contributed by atoms with van der Waals surface area (Å²) in [5, 5.41) is 9.56. The first-order valence-corrected chi connectivity index (χ1v) is 7.36. The summed E-state index contributed by atoms with van der Waals surface area (Å²) >= 11 is 6.46. The fourth-order valence-electron chi connectivity index (χ4n) is 1.01. The smallest absolute Gasteiger partial charge is 0.310 e. The van der Waals surface area contributed by atoms with Crippen molar-refractivity contribution in [2.75, 3.05) is 17.3 Å². The lowest BCUT2D eigenvalue weighted by atomic mass is 10.2. The number of esters is 1. The van der Waals surface area contributed by atoms with E-state index in [4.69, 9.17) is 9.84 Å². The van der Waals surface area contributed by atoms with Crippen molar-refractivity contribution in [2.24, 2.45) is 5.92 Å². The van der Waals surface area contributed by atoms with Crippen LogP contribution in [0.3, 0.4) is 0 Å². The normalized spacial score (nSPS) is 10.4. The van der Waals surface area contributed by atoms with Gasteiger partial charge in [0.1, 0.15) is 0 Å². The first-order valence-electron chi connectivity index (χ1n) is 5.12. The van der Waals surface area contributed by atoms with Crippen LogP contribution in [-0.4, -0.2) is 34.3 Å². The molecule has 0 fully saturated rings. The summed E-state index contributed by atoms with van der Waals surface area (Å²) in [5.74, 6) is -1.15. The molecule has 0 saturated heterocycles. The highest BCUT2D eigenvalue weighted by molar-refractivity contribution is 9.09. The molecule has 0 aromatic rings. The number of aliphatic carboxylic acids is 1. The molecule has 16 heavy (non-hydrogen) atoms. The highest BCUT2D eigenvalue weighted by atomic mass is 79.9. The van der Waals surface area contributed by atoms with Crippen LogP contribution in [0.2, 0.25) is 0 Å². The SMILES string of the molecule is O=C(O)CCCCCOC(=O)C(CBr)CBr. The van der Waals surface area contributed by atoms with Gasteiger partial charge in [0.25, 0.3) is 0 Å². The summed E-state index contributed by atoms with van der Waals surface area (Å²) in [7, 11) is 0. The van der Waals surface area contributed by atoms with E-state index < -0.39 is 5.97 Å². The number of halogens is 2. The van der Waals surface area contributed by atoms with Crippen molar-refractivity contribution in [2.45, 2.75) is 25.7 Å². The Bertz CT molecular complexity index is 217. The van der Waals surface area contributed by atoms with Gasteiger partial charge < -0.3 is 9.84 Å². The predicted molar refractivity (Wildman–Crippen MR) is 68.1 cm³/mol. The molecule has 0 aromatic carbocycles. The molecular weight excluding hydrogens is 344 g/mol. The predicted octanol–water partition coefficient (Wildman–Crippen LogP) is 2.58. The van der Waals surface area contributed by atoms with Gasteiger partial charge in [0.05, 0.1) is 12.5 Å². The number of hydrogen-bond donors (Lipinski definition) is 1. The quantitative estimate of drug-likeness (QED) is 0.390. The molecule has 0 aromatic heterocycles. The summed E-state index contributed by atoms with van der Waals surface area (Å²) in [6.07, 6.45) is 2.30. The zero-order valence-corrected chi connectivity index (χ0v) is 12.1. The topological polar surface area (TPSA) is 63.6 Å². The zero-order valence-electron chi connectivity index (χ0n) is 8.95. The van der Waals surface area contributed by atoms with Gasteiger partial charge in [-0.05, 0) is 19.3 Å². The highest BCUT2D eigenvalue weighted by Gasteiger charge is 2.16. The molecule has 1 N–H and O–H groups in total. The Hall–Kier alpha value is -0.100. The number of hydrogen-bond acceptors (Lipinski definition) is 3. The Morgan fingerprint density at radius 3 is 2.25 bits per heavy atom. The second-order valence-electron chi connectivity index (χ2n) is 3.38. The monoisotopic (exact) mass is 358 g/mol. The van der Waals surface area contributed by atoms with Crippen LogP contribution in [-0.2, 0) is 14.3 Å². The largest absolute Gasteiger partial charge is 0.481 e. The number of unbranched alkanes of at least 4 members (excludes halogenated alkanes) is 2. The van der Waals surface area contributed by atoms with Crippen molar-refractivity contribution in [3.05, 3.63) is 0 Å². The molecule has 0 unspecified atom stereocenters. The molecule has 0 heterocycles. The third-order valence-corrected chi connectivity index (χ3v) is 3.55. The van der Waals surface area contributed by atoms with E-state index >= 15 is 0 Å². The number of carboxylic acids is 1. The summed E-state index contributed by atoms with van der Waals surface area (Å²) in [4.78, 5) is 21.6. The van der Waals surface area contributed by atoms with E-state index in [0.717, 1.165) is 12.8 Å². The third-order valence-electron chi connectivity index (χ3n) is 1.99. The van der Waals surface area contributed by atoms with Gasteiger partial charge >= 0.3 is 11.9 Å². The summed E-state index contributed by atoms with van der Waals surface area (Å²) in [5.41, 5.74) is 0. The molecule has 0 rings (SSSR count). The number of ether oxygens (including phenoxy) is 1. The molecule has 0 bridgehead atoms. The molecule has 0 aliphatic carbocycles. The minimum Gasteiger partial charge on any atom is -0.481 e. The number of carbonyl (C=O) groups is 2. The minimum absolute atomic E-state index is 0.154. The van der Waals surface area contributed by atoms with E-state index in [1.54, 1.807) is 0 Å². The lowest BCUT2D eigenvalue weighted by molar-refractivity contribution is -0.147. The van der Waals surface area contributed by atoms with Crippen molar-refractivity contribution < 1.29 is 19.4 Å². The lowest BCUT2D eigenvalue weighted by Gasteiger charge is -2.10. The summed E-state index contributed by atoms with van der Waals surface area (Å²) < 4.78 is 5.05. The second kappa shape index (κ2) is 10.1. The number of carbonyl (C=O) groups excluding carboxylic acids is 1. The molecule has 0 spiro atoms. The maximum absolute atomic E-state index is 11.4. The maximum Gasteiger partial charge on any atom is 0.310 e. The highest BCUT2D eigenvalue weighted by Crippen LogP contribution is 2.09. The van der Waals surface area contributed by atoms with Crippen LogP contribution < -0.4 is 0 Å². The number of rotatable bonds is 9. The van der Waals surface area contributed by atoms with E-state index in [2.05, 4.69) is 31.9 Å². The third kappa shape index (κ3) is 8.10. The van der Waals surface area contributed by atoms with Gasteiger partial charge in [-0.1, -0.05) is 31.9 Å². The van der Waals surface area contributed by atoms with E-state index in [0.29, 0.717) is 23.7 Å². The van der Waals surface area contributed by atoms with Gasteiger partial charge in [-0.15, -0.1) is 0 Å². The van der Waals surface area contributed by atoms with Gasteiger partial charge in [-0.25, -0.2) is 0 Å². The van der Waals surface area contributed by atoms with Crippen LogP contribution in [0.4, 0.5) is 0 Å². The van der Waals surface area contributed by atoms with Gasteiger partial charge in [-0.3, -0.25) is 9.59 Å². The fourth-order valence-corrected chi connectivity index (χ4v) is 2.61. The standard InChI is InChI=1S/C10H16Br2O4/c11-6-8(7-12)10(15)16-5-3-1-2-4-9(13)14/h8H,1-7H2,(H,13,14). The zero-order chi connectivity index (χ0) is 12.4. The molecule has 0 aliphatic heterocycles. The van der Waals surface area contributed by atoms with E-state index in [-0.39, 0.29) is 18.3 Å². The fraction of sp³-hybridized carbons (Fsp3) is 0.800. The molecule has 0 radical (unpaired) electrons. The van der Waals surface area contributed by atoms with E-state index in [1.807, 2.05) is 0 Å². The molecule has 94 valence electrons. The summed E-state index contributed by atoms with van der Waals surface area (Å²) in [6, 6.07) is 0. The molecule has 6 heteroatoms. The summed E-state index contributed by atoms with van der Waals surface area (Å²) in [6.45, 7) is 0.370. The van der Waals surface area contributed by atoms with Crippen molar-refractivity contribution in [3.63, 3.8) is 0 Å². The first-order chi connectivity index (χ1) is 7.61. The van der Waals surface area contributed by atoms with Crippen LogP contribution in [0.15, 0.2) is 0 Å². The van der Waals surface area contributed by atoms with Gasteiger partial charge in [0.15, 0.2) is 0 Å². The molecule has 0 atom stereocenters. The molecule has 4 nitrogen and oxygen atoms in total. The Balaban J connectivity index is 3.44. The van der Waals surface area contributed by atoms with E-state index in [9.17, 15) is 9.59 Å². The van der Waals surface area contributed by atoms with E-state index in [1.165, 1.54) is 0 Å². The van der Waals surface area contributed by atoms with Crippen molar-refractivity contribution in [1.82, 2.24) is 0 Å². The van der Waals surface area contributed by atoms with Crippen LogP contribution in [0.1, 0.15) is 25.7 Å². The van der Waals surface area contributed by atoms with Crippen LogP contribution in [0.25, 0.3) is 0 Å². The molecular formula is C10H16Br2O4. The maximum atomic E-state index is 11.4. The average Bonchev–Trinajstić information content (AvgIpc) is 2.24. The average molecular weight is 360 g/mol. The van der Waals surface area contributed by atoms with Crippen molar-refractivity contribution >= 4 is 43.8 Å². The molecule has 0 saturated carbocycles. The lowest BCUT2D eigenvalue weighted by Crippen LogP contribution is -2.20. The number of carboxylic acid groups (broad SMARTS) is 1. The van der Waals surface area contributed by atoms with Gasteiger partial charge in [-0.2, -0.15) is 0 Å². The van der Waals surface area contributed by atoms with Gasteiger partial charge in [0, 0.05) is 17.1 Å². The van der Waals surface area contributed by atoms with Crippen LogP contribution >= 0.6 is 31.9 Å². The molecule has 0 amide bonds. The Kier molecular flexibility index (Phi) is 10.0. The van der Waals surface area contributed by atoms with Crippen LogP contribution in [0.5, 0.6) is 0 Å². The second-order valence-corrected chi connectivity index (χ2v) is 4.67.